The molecule has 0 amide bonds. The predicted molar refractivity (Wildman–Crippen MR) is 97.6 cm³/mol. The second-order valence-electron chi connectivity index (χ2n) is 5.24. The van der Waals surface area contributed by atoms with Crippen LogP contribution in [-0.4, -0.2) is 25.0 Å². The minimum atomic E-state index is 0.929. The second kappa shape index (κ2) is 24.0. The summed E-state index contributed by atoms with van der Waals surface area (Å²) in [5.41, 5.74) is 0. The van der Waals surface area contributed by atoms with Crippen LogP contribution in [0.5, 0.6) is 0 Å². The van der Waals surface area contributed by atoms with E-state index in [0.717, 1.165) is 5.92 Å². The third-order valence-corrected chi connectivity index (χ3v) is 3.51. The summed E-state index contributed by atoms with van der Waals surface area (Å²) in [5.74, 6) is 0.929. The molecule has 1 unspecified atom stereocenters. The zero-order valence-corrected chi connectivity index (χ0v) is 16.1. The smallest absolute Gasteiger partial charge is 0.000650 e. The number of hydrogen-bond donors (Lipinski definition) is 0. The maximum absolute atomic E-state index is 2.54. The van der Waals surface area contributed by atoms with E-state index in [0.29, 0.717) is 0 Å². The Morgan fingerprint density at radius 2 is 1.25 bits per heavy atom. The Balaban J connectivity index is -0.000000656. The quantitative estimate of drug-likeness (QED) is 0.379. The fraction of sp³-hybridized carbons (Fsp3) is 1.00. The van der Waals surface area contributed by atoms with E-state index in [4.69, 9.17) is 0 Å². The second-order valence-corrected chi connectivity index (χ2v) is 5.24. The van der Waals surface area contributed by atoms with E-state index in [1.54, 1.807) is 0 Å². The molecule has 1 nitrogen and oxygen atoms in total. The number of unbranched alkanes of at least 4 members (excludes halogenated alkanes) is 4. The lowest BCUT2D eigenvalue weighted by atomic mass is 9.98. The van der Waals surface area contributed by atoms with Gasteiger partial charge in [-0.15, -0.1) is 0 Å². The molecule has 0 aromatic rings. The van der Waals surface area contributed by atoms with Gasteiger partial charge in [0.25, 0.3) is 0 Å². The summed E-state index contributed by atoms with van der Waals surface area (Å²) < 4.78 is 0. The number of hydrogen-bond acceptors (Lipinski definition) is 1. The molecule has 0 aliphatic heterocycles. The van der Waals surface area contributed by atoms with Crippen molar-refractivity contribution in [3.05, 3.63) is 0 Å². The van der Waals surface area contributed by atoms with Crippen LogP contribution < -0.4 is 0 Å². The molecule has 1 heteroatoms. The van der Waals surface area contributed by atoms with Crippen molar-refractivity contribution in [2.75, 3.05) is 20.1 Å². The van der Waals surface area contributed by atoms with Crippen molar-refractivity contribution in [2.24, 2.45) is 5.92 Å². The van der Waals surface area contributed by atoms with Crippen molar-refractivity contribution in [1.29, 1.82) is 0 Å². The molecule has 0 saturated heterocycles. The van der Waals surface area contributed by atoms with Crippen LogP contribution in [0.2, 0.25) is 0 Å². The van der Waals surface area contributed by atoms with E-state index in [-0.39, 0.29) is 0 Å². The van der Waals surface area contributed by atoms with Gasteiger partial charge in [-0.3, -0.25) is 0 Å². The zero-order valence-electron chi connectivity index (χ0n) is 16.1. The van der Waals surface area contributed by atoms with Gasteiger partial charge < -0.3 is 4.90 Å². The van der Waals surface area contributed by atoms with Crippen molar-refractivity contribution in [1.82, 2.24) is 4.90 Å². The molecule has 0 spiro atoms. The van der Waals surface area contributed by atoms with Crippen LogP contribution in [0.1, 0.15) is 99.8 Å². The molecule has 0 aliphatic rings. The van der Waals surface area contributed by atoms with Gasteiger partial charge in [-0.25, -0.2) is 0 Å². The molecular formula is C19H45N. The fourth-order valence-electron chi connectivity index (χ4n) is 2.27. The van der Waals surface area contributed by atoms with Gasteiger partial charge >= 0.3 is 0 Å². The van der Waals surface area contributed by atoms with Crippen molar-refractivity contribution < 1.29 is 0 Å². The van der Waals surface area contributed by atoms with E-state index in [1.807, 2.05) is 27.7 Å². The van der Waals surface area contributed by atoms with Crippen LogP contribution in [0, 0.1) is 5.92 Å². The Morgan fingerprint density at radius 3 is 1.70 bits per heavy atom. The van der Waals surface area contributed by atoms with E-state index in [9.17, 15) is 0 Å². The number of rotatable bonds is 11. The summed E-state index contributed by atoms with van der Waals surface area (Å²) in [6.45, 7) is 17.5. The SMILES string of the molecule is CC.CC.CCCCCC(CC)CN(C)CCCCC. The first-order chi connectivity index (χ1) is 9.74. The Kier molecular flexibility index (Phi) is 29.9. The molecule has 0 heterocycles. The van der Waals surface area contributed by atoms with Crippen LogP contribution >= 0.6 is 0 Å². The van der Waals surface area contributed by atoms with Crippen LogP contribution in [0.25, 0.3) is 0 Å². The van der Waals surface area contributed by atoms with Crippen LogP contribution in [0.3, 0.4) is 0 Å². The molecule has 0 saturated carbocycles. The van der Waals surface area contributed by atoms with Crippen LogP contribution in [0.4, 0.5) is 0 Å². The molecule has 0 rings (SSSR count). The highest BCUT2D eigenvalue weighted by Gasteiger charge is 2.08. The molecule has 0 aliphatic carbocycles. The first kappa shape index (κ1) is 24.9. The number of nitrogens with zero attached hydrogens (tertiary/aromatic N) is 1. The normalized spacial score (nSPS) is 11.2. The maximum Gasteiger partial charge on any atom is 0.000650 e. The standard InChI is InChI=1S/C15H33N.2C2H6/c1-5-8-10-12-15(7-3)14-16(4)13-11-9-6-2;2*1-2/h15H,5-14H2,1-4H3;2*1-2H3. The van der Waals surface area contributed by atoms with Gasteiger partial charge in [-0.2, -0.15) is 0 Å². The van der Waals surface area contributed by atoms with E-state index >= 15 is 0 Å². The molecular weight excluding hydrogens is 242 g/mol. The summed E-state index contributed by atoms with van der Waals surface area (Å²) >= 11 is 0. The summed E-state index contributed by atoms with van der Waals surface area (Å²) in [6.07, 6.45) is 11.1. The zero-order chi connectivity index (χ0) is 16.2. The largest absolute Gasteiger partial charge is 0.306 e. The van der Waals surface area contributed by atoms with Crippen LogP contribution in [-0.2, 0) is 0 Å². The van der Waals surface area contributed by atoms with Gasteiger partial charge in [0.15, 0.2) is 0 Å². The minimum Gasteiger partial charge on any atom is -0.306 e. The lowest BCUT2D eigenvalue weighted by Crippen LogP contribution is -2.26. The van der Waals surface area contributed by atoms with E-state index in [2.05, 4.69) is 32.7 Å². The molecule has 0 fully saturated rings. The average molecular weight is 288 g/mol. The first-order valence-corrected chi connectivity index (χ1v) is 9.43. The third-order valence-electron chi connectivity index (χ3n) is 3.51. The Labute approximate surface area is 131 Å². The third kappa shape index (κ3) is 20.3. The van der Waals surface area contributed by atoms with Crippen LogP contribution in [0.15, 0.2) is 0 Å². The fourth-order valence-corrected chi connectivity index (χ4v) is 2.27. The van der Waals surface area contributed by atoms with Crippen molar-refractivity contribution in [2.45, 2.75) is 99.8 Å². The highest BCUT2D eigenvalue weighted by molar-refractivity contribution is 4.63. The Hall–Kier alpha value is -0.0400. The highest BCUT2D eigenvalue weighted by atomic mass is 15.1. The molecule has 0 bridgehead atoms. The van der Waals surface area contributed by atoms with Gasteiger partial charge in [0, 0.05) is 6.54 Å². The Morgan fingerprint density at radius 1 is 0.750 bits per heavy atom. The maximum atomic E-state index is 2.54. The topological polar surface area (TPSA) is 3.24 Å². The monoisotopic (exact) mass is 287 g/mol. The van der Waals surface area contributed by atoms with E-state index < -0.39 is 0 Å². The average Bonchev–Trinajstić information content (AvgIpc) is 2.50. The first-order valence-electron chi connectivity index (χ1n) is 9.43. The molecule has 0 aromatic heterocycles. The lowest BCUT2D eigenvalue weighted by molar-refractivity contribution is 0.254. The summed E-state index contributed by atoms with van der Waals surface area (Å²) in [6, 6.07) is 0. The van der Waals surface area contributed by atoms with Gasteiger partial charge in [-0.05, 0) is 32.4 Å². The van der Waals surface area contributed by atoms with Gasteiger partial charge in [0.05, 0.1) is 0 Å². The lowest BCUT2D eigenvalue weighted by Gasteiger charge is -2.23. The predicted octanol–water partition coefficient (Wildman–Crippen LogP) is 6.77. The molecule has 20 heavy (non-hydrogen) atoms. The van der Waals surface area contributed by atoms with Crippen molar-refractivity contribution in [3.63, 3.8) is 0 Å². The van der Waals surface area contributed by atoms with Gasteiger partial charge in [0.1, 0.15) is 0 Å². The Bertz CT molecular complexity index is 134. The summed E-state index contributed by atoms with van der Waals surface area (Å²) in [5, 5.41) is 0. The molecule has 0 radical (unpaired) electrons. The molecule has 0 N–H and O–H groups in total. The van der Waals surface area contributed by atoms with Crippen molar-refractivity contribution in [3.8, 4) is 0 Å². The van der Waals surface area contributed by atoms with Crippen molar-refractivity contribution >= 4 is 0 Å². The minimum absolute atomic E-state index is 0.929. The van der Waals surface area contributed by atoms with E-state index in [1.165, 1.54) is 64.5 Å². The van der Waals surface area contributed by atoms with Gasteiger partial charge in [-0.1, -0.05) is 87.0 Å². The molecule has 1 atom stereocenters. The summed E-state index contributed by atoms with van der Waals surface area (Å²) in [4.78, 5) is 2.54. The highest BCUT2D eigenvalue weighted by Crippen LogP contribution is 2.14. The van der Waals surface area contributed by atoms with Gasteiger partial charge in [0.2, 0.25) is 0 Å². The summed E-state index contributed by atoms with van der Waals surface area (Å²) in [7, 11) is 2.29. The molecule has 126 valence electrons. The molecule has 0 aromatic carbocycles.